The lowest BCUT2D eigenvalue weighted by molar-refractivity contribution is -0.116. The van der Waals surface area contributed by atoms with Gasteiger partial charge in [0.15, 0.2) is 0 Å². The number of rotatable bonds is 6. The highest BCUT2D eigenvalue weighted by Gasteiger charge is 2.16. The normalized spacial score (nSPS) is 12.0. The second-order valence-corrected chi connectivity index (χ2v) is 5.31. The van der Waals surface area contributed by atoms with Crippen LogP contribution in [0.15, 0.2) is 36.5 Å². The molecule has 0 saturated heterocycles. The van der Waals surface area contributed by atoms with E-state index in [4.69, 9.17) is 4.74 Å². The van der Waals surface area contributed by atoms with Gasteiger partial charge in [-0.05, 0) is 32.9 Å². The van der Waals surface area contributed by atoms with Crippen LogP contribution in [0.5, 0.6) is 5.75 Å². The first-order chi connectivity index (χ1) is 10.5. The summed E-state index contributed by atoms with van der Waals surface area (Å²) in [5, 5.41) is 10.2. The van der Waals surface area contributed by atoms with E-state index in [-0.39, 0.29) is 11.9 Å². The second-order valence-electron chi connectivity index (χ2n) is 5.31. The Morgan fingerprint density at radius 3 is 2.64 bits per heavy atom. The molecule has 118 valence electrons. The minimum absolute atomic E-state index is 0.131. The number of methoxy groups -OCH3 is 1. The van der Waals surface area contributed by atoms with Crippen molar-refractivity contribution in [1.29, 1.82) is 0 Å². The summed E-state index contributed by atoms with van der Waals surface area (Å²) in [7, 11) is 1.60. The average molecular weight is 302 g/mol. The maximum atomic E-state index is 12.3. The van der Waals surface area contributed by atoms with Gasteiger partial charge in [0.25, 0.3) is 0 Å². The van der Waals surface area contributed by atoms with E-state index in [1.807, 2.05) is 38.1 Å². The number of para-hydroxylation sites is 2. The predicted octanol–water partition coefficient (Wildman–Crippen LogP) is 2.91. The van der Waals surface area contributed by atoms with Gasteiger partial charge in [0.2, 0.25) is 5.91 Å². The standard InChI is InChI=1S/C16H22N4O2/c1-11(2)20-15(9-10-17-20)19-16(21)12(3)18-13-7-5-6-8-14(13)22-4/h5-12,18H,1-4H3,(H,19,21). The third-order valence-corrected chi connectivity index (χ3v) is 3.28. The van der Waals surface area contributed by atoms with Gasteiger partial charge in [-0.15, -0.1) is 0 Å². The molecule has 0 aliphatic carbocycles. The fourth-order valence-electron chi connectivity index (χ4n) is 2.12. The van der Waals surface area contributed by atoms with Crippen LogP contribution in [0.2, 0.25) is 0 Å². The van der Waals surface area contributed by atoms with Crippen molar-refractivity contribution in [1.82, 2.24) is 9.78 Å². The van der Waals surface area contributed by atoms with Crippen LogP contribution in [0.1, 0.15) is 26.8 Å². The Balaban J connectivity index is 2.05. The number of benzene rings is 1. The van der Waals surface area contributed by atoms with Gasteiger partial charge in [-0.2, -0.15) is 5.10 Å². The van der Waals surface area contributed by atoms with Crippen LogP contribution in [0.25, 0.3) is 0 Å². The Morgan fingerprint density at radius 1 is 1.23 bits per heavy atom. The number of carbonyl (C=O) groups is 1. The number of carbonyl (C=O) groups excluding carboxylic acids is 1. The number of aromatic nitrogens is 2. The zero-order valence-corrected chi connectivity index (χ0v) is 13.3. The quantitative estimate of drug-likeness (QED) is 0.861. The van der Waals surface area contributed by atoms with Crippen LogP contribution < -0.4 is 15.4 Å². The van der Waals surface area contributed by atoms with Crippen LogP contribution >= 0.6 is 0 Å². The molecule has 0 radical (unpaired) electrons. The van der Waals surface area contributed by atoms with Gasteiger partial charge in [-0.3, -0.25) is 4.79 Å². The first-order valence-corrected chi connectivity index (χ1v) is 7.27. The molecule has 6 nitrogen and oxygen atoms in total. The molecule has 2 rings (SSSR count). The van der Waals surface area contributed by atoms with Crippen molar-refractivity contribution in [2.24, 2.45) is 0 Å². The lowest BCUT2D eigenvalue weighted by atomic mass is 10.2. The molecule has 0 fully saturated rings. The number of hydrogen-bond donors (Lipinski definition) is 2. The van der Waals surface area contributed by atoms with Gasteiger partial charge in [-0.1, -0.05) is 12.1 Å². The number of amides is 1. The Kier molecular flexibility index (Phi) is 5.04. The van der Waals surface area contributed by atoms with E-state index >= 15 is 0 Å². The fraction of sp³-hybridized carbons (Fsp3) is 0.375. The van der Waals surface area contributed by atoms with E-state index in [1.165, 1.54) is 0 Å². The lowest BCUT2D eigenvalue weighted by Gasteiger charge is -2.18. The van der Waals surface area contributed by atoms with Crippen molar-refractivity contribution in [3.63, 3.8) is 0 Å². The highest BCUT2D eigenvalue weighted by molar-refractivity contribution is 5.95. The molecule has 1 atom stereocenters. The third-order valence-electron chi connectivity index (χ3n) is 3.28. The van der Waals surface area contributed by atoms with Gasteiger partial charge in [0.05, 0.1) is 19.0 Å². The first-order valence-electron chi connectivity index (χ1n) is 7.27. The van der Waals surface area contributed by atoms with Crippen LogP contribution in [0.3, 0.4) is 0 Å². The molecule has 22 heavy (non-hydrogen) atoms. The van der Waals surface area contributed by atoms with Crippen LogP contribution in [-0.2, 0) is 4.79 Å². The number of nitrogens with zero attached hydrogens (tertiary/aromatic N) is 2. The molecule has 6 heteroatoms. The SMILES string of the molecule is COc1ccccc1NC(C)C(=O)Nc1ccnn1C(C)C. The Labute approximate surface area is 130 Å². The summed E-state index contributed by atoms with van der Waals surface area (Å²) in [5.74, 6) is 1.26. The molecular weight excluding hydrogens is 280 g/mol. The molecule has 0 spiro atoms. The Bertz CT molecular complexity index is 637. The van der Waals surface area contributed by atoms with Crippen LogP contribution in [0.4, 0.5) is 11.5 Å². The number of hydrogen-bond acceptors (Lipinski definition) is 4. The molecular formula is C16H22N4O2. The zero-order valence-electron chi connectivity index (χ0n) is 13.3. The van der Waals surface area contributed by atoms with Crippen molar-refractivity contribution in [2.45, 2.75) is 32.9 Å². The molecule has 1 heterocycles. The van der Waals surface area contributed by atoms with Crippen molar-refractivity contribution in [3.8, 4) is 5.75 Å². The molecule has 1 unspecified atom stereocenters. The fourth-order valence-corrected chi connectivity index (χ4v) is 2.12. The van der Waals surface area contributed by atoms with Gasteiger partial charge < -0.3 is 15.4 Å². The lowest BCUT2D eigenvalue weighted by Crippen LogP contribution is -2.32. The summed E-state index contributed by atoms with van der Waals surface area (Å²) in [4.78, 5) is 12.3. The van der Waals surface area contributed by atoms with Crippen molar-refractivity contribution >= 4 is 17.4 Å². The molecule has 1 amide bonds. The maximum absolute atomic E-state index is 12.3. The molecule has 1 aromatic carbocycles. The van der Waals surface area contributed by atoms with Gasteiger partial charge in [0, 0.05) is 12.1 Å². The first kappa shape index (κ1) is 15.9. The summed E-state index contributed by atoms with van der Waals surface area (Å²) in [6.45, 7) is 5.83. The highest BCUT2D eigenvalue weighted by atomic mass is 16.5. The van der Waals surface area contributed by atoms with Gasteiger partial charge in [0.1, 0.15) is 17.6 Å². The van der Waals surface area contributed by atoms with E-state index in [2.05, 4.69) is 15.7 Å². The summed E-state index contributed by atoms with van der Waals surface area (Å²) < 4.78 is 7.05. The van der Waals surface area contributed by atoms with Crippen molar-refractivity contribution < 1.29 is 9.53 Å². The third kappa shape index (κ3) is 3.58. The average Bonchev–Trinajstić information content (AvgIpc) is 2.96. The van der Waals surface area contributed by atoms with E-state index in [0.717, 1.165) is 5.69 Å². The van der Waals surface area contributed by atoms with Crippen LogP contribution in [0, 0.1) is 0 Å². The second kappa shape index (κ2) is 6.98. The van der Waals surface area contributed by atoms with Crippen molar-refractivity contribution in [2.75, 3.05) is 17.7 Å². The Morgan fingerprint density at radius 2 is 1.95 bits per heavy atom. The van der Waals surface area contributed by atoms with E-state index in [0.29, 0.717) is 11.6 Å². The van der Waals surface area contributed by atoms with Crippen LogP contribution in [-0.4, -0.2) is 28.8 Å². The van der Waals surface area contributed by atoms with E-state index in [9.17, 15) is 4.79 Å². The topological polar surface area (TPSA) is 68.2 Å². The largest absolute Gasteiger partial charge is 0.495 e. The molecule has 0 aliphatic rings. The zero-order chi connectivity index (χ0) is 16.1. The smallest absolute Gasteiger partial charge is 0.247 e. The minimum Gasteiger partial charge on any atom is -0.495 e. The number of nitrogens with one attached hydrogen (secondary N) is 2. The van der Waals surface area contributed by atoms with Crippen molar-refractivity contribution in [3.05, 3.63) is 36.5 Å². The minimum atomic E-state index is -0.410. The van der Waals surface area contributed by atoms with E-state index < -0.39 is 6.04 Å². The number of anilines is 2. The summed E-state index contributed by atoms with van der Waals surface area (Å²) in [5.41, 5.74) is 0.782. The van der Waals surface area contributed by atoms with E-state index in [1.54, 1.807) is 31.0 Å². The summed E-state index contributed by atoms with van der Waals surface area (Å²) in [6.07, 6.45) is 1.67. The molecule has 0 saturated carbocycles. The summed E-state index contributed by atoms with van der Waals surface area (Å²) >= 11 is 0. The molecule has 0 aliphatic heterocycles. The van der Waals surface area contributed by atoms with Gasteiger partial charge in [-0.25, -0.2) is 4.68 Å². The molecule has 2 N–H and O–H groups in total. The number of ether oxygens (including phenoxy) is 1. The maximum Gasteiger partial charge on any atom is 0.247 e. The highest BCUT2D eigenvalue weighted by Crippen LogP contribution is 2.24. The predicted molar refractivity (Wildman–Crippen MR) is 87.3 cm³/mol. The van der Waals surface area contributed by atoms with Gasteiger partial charge >= 0.3 is 0 Å². The Hall–Kier alpha value is -2.50. The molecule has 2 aromatic rings. The molecule has 0 bridgehead atoms. The molecule has 1 aromatic heterocycles. The monoisotopic (exact) mass is 302 g/mol. The summed E-state index contributed by atoms with van der Waals surface area (Å²) in [6, 6.07) is 9.06.